The molecule has 0 radical (unpaired) electrons. The van der Waals surface area contributed by atoms with Gasteiger partial charge in [0.25, 0.3) is 0 Å². The zero-order chi connectivity index (χ0) is 19.7. The standard InChI is InChI=1S/C22H24N4OS/c1-15-8-10-18(11-9-15)20-23-24-22(25(20)3)28-16(2)21(27)26-13-12-17-6-4-5-7-19(17)14-26/h4-11,16H,12-14H2,1-3H3. The molecule has 3 aromatic rings. The summed E-state index contributed by atoms with van der Waals surface area (Å²) in [6, 6.07) is 16.6. The quantitative estimate of drug-likeness (QED) is 0.633. The Morgan fingerprint density at radius 1 is 1.07 bits per heavy atom. The van der Waals surface area contributed by atoms with E-state index in [4.69, 9.17) is 0 Å². The van der Waals surface area contributed by atoms with E-state index in [2.05, 4.69) is 47.5 Å². The predicted molar refractivity (Wildman–Crippen MR) is 112 cm³/mol. The van der Waals surface area contributed by atoms with Crippen LogP contribution in [0.2, 0.25) is 0 Å². The zero-order valence-corrected chi connectivity index (χ0v) is 17.2. The normalized spacial score (nSPS) is 14.6. The maximum absolute atomic E-state index is 13.0. The van der Waals surface area contributed by atoms with Crippen molar-refractivity contribution in [3.8, 4) is 11.4 Å². The number of aryl methyl sites for hydroxylation is 1. The number of thioether (sulfide) groups is 1. The molecule has 1 aromatic heterocycles. The largest absolute Gasteiger partial charge is 0.337 e. The molecule has 0 bridgehead atoms. The molecule has 1 atom stereocenters. The monoisotopic (exact) mass is 392 g/mol. The molecule has 2 aromatic carbocycles. The van der Waals surface area contributed by atoms with Crippen molar-refractivity contribution in [2.45, 2.75) is 37.2 Å². The lowest BCUT2D eigenvalue weighted by Gasteiger charge is -2.30. The lowest BCUT2D eigenvalue weighted by atomic mass is 10.00. The highest BCUT2D eigenvalue weighted by Crippen LogP contribution is 2.28. The fourth-order valence-corrected chi connectivity index (χ4v) is 4.42. The predicted octanol–water partition coefficient (Wildman–Crippen LogP) is 3.86. The third-order valence-corrected chi connectivity index (χ3v) is 6.34. The van der Waals surface area contributed by atoms with Crippen molar-refractivity contribution >= 4 is 17.7 Å². The second kappa shape index (κ2) is 7.80. The van der Waals surface area contributed by atoms with Crippen molar-refractivity contribution in [2.24, 2.45) is 7.05 Å². The number of hydrogen-bond acceptors (Lipinski definition) is 4. The van der Waals surface area contributed by atoms with Crippen LogP contribution in [0, 0.1) is 6.92 Å². The van der Waals surface area contributed by atoms with Gasteiger partial charge in [-0.3, -0.25) is 4.79 Å². The van der Waals surface area contributed by atoms with Gasteiger partial charge in [0.05, 0.1) is 5.25 Å². The van der Waals surface area contributed by atoms with E-state index in [0.29, 0.717) is 6.54 Å². The summed E-state index contributed by atoms with van der Waals surface area (Å²) in [6.45, 7) is 5.48. The summed E-state index contributed by atoms with van der Waals surface area (Å²) in [5.74, 6) is 0.966. The van der Waals surface area contributed by atoms with Gasteiger partial charge in [-0.2, -0.15) is 0 Å². The topological polar surface area (TPSA) is 51.0 Å². The smallest absolute Gasteiger partial charge is 0.236 e. The molecule has 0 saturated heterocycles. The molecule has 5 nitrogen and oxygen atoms in total. The molecule has 1 unspecified atom stereocenters. The lowest BCUT2D eigenvalue weighted by Crippen LogP contribution is -2.40. The van der Waals surface area contributed by atoms with E-state index in [1.807, 2.05) is 41.6 Å². The van der Waals surface area contributed by atoms with E-state index in [1.165, 1.54) is 28.5 Å². The van der Waals surface area contributed by atoms with Gasteiger partial charge in [-0.25, -0.2) is 0 Å². The summed E-state index contributed by atoms with van der Waals surface area (Å²) < 4.78 is 1.96. The summed E-state index contributed by atoms with van der Waals surface area (Å²) in [6.07, 6.45) is 0.917. The average Bonchev–Trinajstić information content (AvgIpc) is 3.08. The van der Waals surface area contributed by atoms with Crippen molar-refractivity contribution in [3.63, 3.8) is 0 Å². The number of carbonyl (C=O) groups excluding carboxylic acids is 1. The van der Waals surface area contributed by atoms with Gasteiger partial charge in [-0.1, -0.05) is 65.9 Å². The molecule has 144 valence electrons. The minimum Gasteiger partial charge on any atom is -0.337 e. The summed E-state index contributed by atoms with van der Waals surface area (Å²) in [4.78, 5) is 14.9. The van der Waals surface area contributed by atoms with Crippen LogP contribution in [0.3, 0.4) is 0 Å². The first-order chi connectivity index (χ1) is 13.5. The first-order valence-electron chi connectivity index (χ1n) is 9.51. The summed E-state index contributed by atoms with van der Waals surface area (Å²) in [5.41, 5.74) is 4.84. The van der Waals surface area contributed by atoms with Crippen LogP contribution >= 0.6 is 11.8 Å². The Morgan fingerprint density at radius 2 is 1.79 bits per heavy atom. The minimum atomic E-state index is -0.209. The van der Waals surface area contributed by atoms with Crippen LogP contribution in [0.15, 0.2) is 53.7 Å². The molecule has 0 saturated carbocycles. The SMILES string of the molecule is Cc1ccc(-c2nnc(SC(C)C(=O)N3CCc4ccccc4C3)n2C)cc1. The third kappa shape index (κ3) is 3.69. The van der Waals surface area contributed by atoms with Crippen LogP contribution in [0.5, 0.6) is 0 Å². The van der Waals surface area contributed by atoms with Gasteiger partial charge in [-0.05, 0) is 31.4 Å². The van der Waals surface area contributed by atoms with E-state index in [9.17, 15) is 4.79 Å². The molecule has 0 N–H and O–H groups in total. The fraction of sp³-hybridized carbons (Fsp3) is 0.318. The van der Waals surface area contributed by atoms with E-state index >= 15 is 0 Å². The first-order valence-corrected chi connectivity index (χ1v) is 10.4. The Labute approximate surface area is 169 Å². The van der Waals surface area contributed by atoms with Crippen LogP contribution in [0.25, 0.3) is 11.4 Å². The van der Waals surface area contributed by atoms with Crippen molar-refractivity contribution in [1.29, 1.82) is 0 Å². The lowest BCUT2D eigenvalue weighted by molar-refractivity contribution is -0.131. The maximum Gasteiger partial charge on any atom is 0.236 e. The number of amides is 1. The maximum atomic E-state index is 13.0. The third-order valence-electron chi connectivity index (χ3n) is 5.22. The highest BCUT2D eigenvalue weighted by molar-refractivity contribution is 8.00. The van der Waals surface area contributed by atoms with E-state index in [0.717, 1.165) is 29.5 Å². The highest BCUT2D eigenvalue weighted by Gasteiger charge is 2.26. The molecule has 0 aliphatic carbocycles. The number of rotatable bonds is 4. The first kappa shape index (κ1) is 18.7. The summed E-state index contributed by atoms with van der Waals surface area (Å²) in [5, 5.41) is 9.21. The molecule has 1 amide bonds. The van der Waals surface area contributed by atoms with Crippen LogP contribution in [-0.2, 0) is 24.8 Å². The van der Waals surface area contributed by atoms with Crippen LogP contribution in [-0.4, -0.2) is 37.4 Å². The molecule has 2 heterocycles. The zero-order valence-electron chi connectivity index (χ0n) is 16.4. The Hall–Kier alpha value is -2.60. The fourth-order valence-electron chi connectivity index (χ4n) is 3.52. The molecular weight excluding hydrogens is 368 g/mol. The van der Waals surface area contributed by atoms with Crippen LogP contribution < -0.4 is 0 Å². The summed E-state index contributed by atoms with van der Waals surface area (Å²) >= 11 is 1.47. The number of hydrogen-bond donors (Lipinski definition) is 0. The van der Waals surface area contributed by atoms with E-state index in [1.54, 1.807) is 0 Å². The Bertz CT molecular complexity index is 996. The number of fused-ring (bicyclic) bond motifs is 1. The number of aromatic nitrogens is 3. The Kier molecular flexibility index (Phi) is 5.22. The number of nitrogens with zero attached hydrogens (tertiary/aromatic N) is 4. The van der Waals surface area contributed by atoms with Crippen molar-refractivity contribution in [2.75, 3.05) is 6.54 Å². The van der Waals surface area contributed by atoms with Crippen LogP contribution in [0.1, 0.15) is 23.6 Å². The summed E-state index contributed by atoms with van der Waals surface area (Å²) in [7, 11) is 1.95. The molecule has 1 aliphatic rings. The van der Waals surface area contributed by atoms with Gasteiger partial charge in [-0.15, -0.1) is 10.2 Å². The minimum absolute atomic E-state index is 0.152. The van der Waals surface area contributed by atoms with Gasteiger partial charge in [0, 0.05) is 25.7 Å². The second-order valence-electron chi connectivity index (χ2n) is 7.27. The van der Waals surface area contributed by atoms with E-state index in [-0.39, 0.29) is 11.2 Å². The number of benzene rings is 2. The van der Waals surface area contributed by atoms with Crippen molar-refractivity contribution in [1.82, 2.24) is 19.7 Å². The molecule has 28 heavy (non-hydrogen) atoms. The van der Waals surface area contributed by atoms with Gasteiger partial charge in [0.15, 0.2) is 11.0 Å². The average molecular weight is 393 g/mol. The highest BCUT2D eigenvalue weighted by atomic mass is 32.2. The molecule has 6 heteroatoms. The molecule has 0 fully saturated rings. The second-order valence-corrected chi connectivity index (χ2v) is 8.58. The molecule has 1 aliphatic heterocycles. The van der Waals surface area contributed by atoms with Crippen molar-refractivity contribution in [3.05, 3.63) is 65.2 Å². The van der Waals surface area contributed by atoms with Gasteiger partial charge in [0.2, 0.25) is 5.91 Å². The van der Waals surface area contributed by atoms with Gasteiger partial charge in [0.1, 0.15) is 0 Å². The van der Waals surface area contributed by atoms with E-state index < -0.39 is 0 Å². The molecule has 0 spiro atoms. The Morgan fingerprint density at radius 3 is 2.54 bits per heavy atom. The molecular formula is C22H24N4OS. The molecule has 4 rings (SSSR count). The number of carbonyl (C=O) groups is 1. The van der Waals surface area contributed by atoms with Gasteiger partial charge < -0.3 is 9.47 Å². The van der Waals surface area contributed by atoms with Crippen molar-refractivity contribution < 1.29 is 4.79 Å². The Balaban J connectivity index is 1.46. The van der Waals surface area contributed by atoms with Crippen LogP contribution in [0.4, 0.5) is 0 Å². The van der Waals surface area contributed by atoms with Gasteiger partial charge >= 0.3 is 0 Å².